The van der Waals surface area contributed by atoms with Crippen LogP contribution in [0.5, 0.6) is 5.75 Å². The first-order chi connectivity index (χ1) is 11.4. The molecule has 0 aliphatic heterocycles. The molecule has 0 aliphatic rings. The number of hydrogen-bond acceptors (Lipinski definition) is 4. The van der Waals surface area contributed by atoms with E-state index in [1.54, 1.807) is 36.5 Å². The number of benzene rings is 1. The average Bonchev–Trinajstić information content (AvgIpc) is 3.03. The minimum Gasteiger partial charge on any atom is -0.479 e. The maximum absolute atomic E-state index is 12.3. The number of carbonyl (C=O) groups excluding carboxylic acids is 1. The predicted octanol–water partition coefficient (Wildman–Crippen LogP) is 4.24. The standard InChI is InChI=1S/C17H20Cl2N2O2S/c1-11(23-16-5-4-13(18)8-14(16)19)17(22)20-9-15(21(2)3)12-6-7-24-10-12/h4-8,10-11,15H,9H2,1-3H3,(H,20,22)/t11-,15+/m0/s1. The van der Waals surface area contributed by atoms with Crippen LogP contribution in [0.4, 0.5) is 0 Å². The van der Waals surface area contributed by atoms with Crippen LogP contribution in [-0.4, -0.2) is 37.6 Å². The smallest absolute Gasteiger partial charge is 0.260 e. The van der Waals surface area contributed by atoms with Gasteiger partial charge in [0.05, 0.1) is 11.1 Å². The highest BCUT2D eigenvalue weighted by atomic mass is 35.5. The highest BCUT2D eigenvalue weighted by Gasteiger charge is 2.20. The lowest BCUT2D eigenvalue weighted by molar-refractivity contribution is -0.127. The average molecular weight is 387 g/mol. The summed E-state index contributed by atoms with van der Waals surface area (Å²) in [5.74, 6) is 0.244. The van der Waals surface area contributed by atoms with Crippen molar-refractivity contribution in [3.8, 4) is 5.75 Å². The van der Waals surface area contributed by atoms with E-state index < -0.39 is 6.10 Å². The van der Waals surface area contributed by atoms with Gasteiger partial charge in [0, 0.05) is 11.6 Å². The second kappa shape index (κ2) is 8.72. The van der Waals surface area contributed by atoms with Crippen LogP contribution < -0.4 is 10.1 Å². The quantitative estimate of drug-likeness (QED) is 0.773. The van der Waals surface area contributed by atoms with Gasteiger partial charge in [0.1, 0.15) is 5.75 Å². The van der Waals surface area contributed by atoms with E-state index in [-0.39, 0.29) is 11.9 Å². The van der Waals surface area contributed by atoms with E-state index in [9.17, 15) is 4.79 Å². The number of nitrogens with one attached hydrogen (secondary N) is 1. The van der Waals surface area contributed by atoms with Crippen LogP contribution >= 0.6 is 34.5 Å². The van der Waals surface area contributed by atoms with Crippen molar-refractivity contribution in [2.24, 2.45) is 0 Å². The Bertz CT molecular complexity index is 677. The summed E-state index contributed by atoms with van der Waals surface area (Å²) >= 11 is 13.6. The molecular formula is C17H20Cl2N2O2S. The zero-order valence-corrected chi connectivity index (χ0v) is 16.1. The fourth-order valence-electron chi connectivity index (χ4n) is 2.22. The van der Waals surface area contributed by atoms with Crippen molar-refractivity contribution in [2.75, 3.05) is 20.6 Å². The van der Waals surface area contributed by atoms with Gasteiger partial charge < -0.3 is 15.0 Å². The fraction of sp³-hybridized carbons (Fsp3) is 0.353. The normalized spacial score (nSPS) is 13.6. The molecule has 0 fully saturated rings. The van der Waals surface area contributed by atoms with Crippen molar-refractivity contribution in [2.45, 2.75) is 19.1 Å². The molecule has 2 rings (SSSR count). The molecule has 1 amide bonds. The number of ether oxygens (including phenoxy) is 1. The van der Waals surface area contributed by atoms with Gasteiger partial charge in [0.25, 0.3) is 5.91 Å². The van der Waals surface area contributed by atoms with Crippen molar-refractivity contribution < 1.29 is 9.53 Å². The number of amides is 1. The molecule has 2 atom stereocenters. The van der Waals surface area contributed by atoms with Crippen LogP contribution in [-0.2, 0) is 4.79 Å². The lowest BCUT2D eigenvalue weighted by atomic mass is 10.1. The van der Waals surface area contributed by atoms with Crippen LogP contribution in [0.1, 0.15) is 18.5 Å². The van der Waals surface area contributed by atoms with E-state index in [0.717, 1.165) is 0 Å². The number of likely N-dealkylation sites (N-methyl/N-ethyl adjacent to an activating group) is 1. The molecule has 0 unspecified atom stereocenters. The van der Waals surface area contributed by atoms with Crippen LogP contribution in [0.25, 0.3) is 0 Å². The number of carbonyl (C=O) groups is 1. The van der Waals surface area contributed by atoms with E-state index in [1.165, 1.54) is 5.56 Å². The largest absolute Gasteiger partial charge is 0.479 e. The highest BCUT2D eigenvalue weighted by Crippen LogP contribution is 2.28. The molecule has 1 aromatic heterocycles. The summed E-state index contributed by atoms with van der Waals surface area (Å²) in [5.41, 5.74) is 1.18. The van der Waals surface area contributed by atoms with Gasteiger partial charge in [-0.15, -0.1) is 0 Å². The minimum absolute atomic E-state index is 0.117. The van der Waals surface area contributed by atoms with Gasteiger partial charge in [-0.05, 0) is 61.6 Å². The number of thiophene rings is 1. The third kappa shape index (κ3) is 5.11. The first kappa shape index (κ1) is 19.1. The SMILES string of the molecule is C[C@H](Oc1ccc(Cl)cc1Cl)C(=O)NC[C@H](c1ccsc1)N(C)C. The molecule has 4 nitrogen and oxygen atoms in total. The molecule has 0 bridgehead atoms. The summed E-state index contributed by atoms with van der Waals surface area (Å²) < 4.78 is 5.63. The first-order valence-corrected chi connectivity index (χ1v) is 9.16. The van der Waals surface area contributed by atoms with E-state index in [4.69, 9.17) is 27.9 Å². The topological polar surface area (TPSA) is 41.6 Å². The first-order valence-electron chi connectivity index (χ1n) is 7.46. The molecule has 0 spiro atoms. The summed E-state index contributed by atoms with van der Waals surface area (Å²) in [6, 6.07) is 7.09. The lowest BCUT2D eigenvalue weighted by Gasteiger charge is -2.25. The Kier molecular flexibility index (Phi) is 6.92. The molecular weight excluding hydrogens is 367 g/mol. The van der Waals surface area contributed by atoms with Gasteiger partial charge in [-0.2, -0.15) is 11.3 Å². The molecule has 1 N–H and O–H groups in total. The van der Waals surface area contributed by atoms with E-state index in [2.05, 4.69) is 21.7 Å². The molecule has 2 aromatic rings. The summed E-state index contributed by atoms with van der Waals surface area (Å²) in [4.78, 5) is 14.4. The van der Waals surface area contributed by atoms with Crippen molar-refractivity contribution in [3.63, 3.8) is 0 Å². The second-order valence-corrected chi connectivity index (χ2v) is 7.24. The zero-order valence-electron chi connectivity index (χ0n) is 13.8. The molecule has 7 heteroatoms. The number of hydrogen-bond donors (Lipinski definition) is 1. The summed E-state index contributed by atoms with van der Waals surface area (Å²) in [7, 11) is 3.98. The Labute approximate surface area is 156 Å². The number of halogens is 2. The van der Waals surface area contributed by atoms with Crippen molar-refractivity contribution in [1.29, 1.82) is 0 Å². The van der Waals surface area contributed by atoms with Gasteiger partial charge in [0.15, 0.2) is 6.10 Å². The number of rotatable bonds is 7. The van der Waals surface area contributed by atoms with Crippen molar-refractivity contribution in [1.82, 2.24) is 10.2 Å². The monoisotopic (exact) mass is 386 g/mol. The maximum atomic E-state index is 12.3. The third-order valence-electron chi connectivity index (χ3n) is 3.59. The van der Waals surface area contributed by atoms with Gasteiger partial charge >= 0.3 is 0 Å². The van der Waals surface area contributed by atoms with Crippen LogP contribution in [0.15, 0.2) is 35.0 Å². The van der Waals surface area contributed by atoms with E-state index in [1.807, 2.05) is 19.5 Å². The fourth-order valence-corrected chi connectivity index (χ4v) is 3.38. The minimum atomic E-state index is -0.658. The van der Waals surface area contributed by atoms with Crippen molar-refractivity contribution in [3.05, 3.63) is 50.6 Å². The molecule has 1 heterocycles. The summed E-state index contributed by atoms with van der Waals surface area (Å²) in [5, 5.41) is 7.95. The van der Waals surface area contributed by atoms with E-state index in [0.29, 0.717) is 22.3 Å². The predicted molar refractivity (Wildman–Crippen MR) is 100 cm³/mol. The van der Waals surface area contributed by atoms with Gasteiger partial charge in [0.2, 0.25) is 0 Å². The molecule has 1 aromatic carbocycles. The van der Waals surface area contributed by atoms with Crippen molar-refractivity contribution >= 4 is 40.4 Å². The van der Waals surface area contributed by atoms with Crippen LogP contribution in [0.2, 0.25) is 10.0 Å². The molecule has 0 saturated carbocycles. The molecule has 0 aliphatic carbocycles. The second-order valence-electron chi connectivity index (χ2n) is 5.62. The molecule has 0 radical (unpaired) electrons. The third-order valence-corrected chi connectivity index (χ3v) is 4.82. The molecule has 130 valence electrons. The van der Waals surface area contributed by atoms with Gasteiger partial charge in [-0.25, -0.2) is 0 Å². The molecule has 0 saturated heterocycles. The summed E-state index contributed by atoms with van der Waals surface area (Å²) in [6.07, 6.45) is -0.658. The van der Waals surface area contributed by atoms with Gasteiger partial charge in [-0.3, -0.25) is 4.79 Å². The zero-order chi connectivity index (χ0) is 17.7. The number of nitrogens with zero attached hydrogens (tertiary/aromatic N) is 1. The Balaban J connectivity index is 1.93. The Hall–Kier alpha value is -1.27. The highest BCUT2D eigenvalue weighted by molar-refractivity contribution is 7.07. The van der Waals surface area contributed by atoms with Crippen LogP contribution in [0, 0.1) is 0 Å². The molecule has 24 heavy (non-hydrogen) atoms. The van der Waals surface area contributed by atoms with E-state index >= 15 is 0 Å². The Morgan fingerprint density at radius 2 is 2.08 bits per heavy atom. The Morgan fingerprint density at radius 1 is 1.33 bits per heavy atom. The summed E-state index contributed by atoms with van der Waals surface area (Å²) in [6.45, 7) is 2.19. The van der Waals surface area contributed by atoms with Gasteiger partial charge in [-0.1, -0.05) is 23.2 Å². The lowest BCUT2D eigenvalue weighted by Crippen LogP contribution is -2.40. The maximum Gasteiger partial charge on any atom is 0.260 e. The van der Waals surface area contributed by atoms with Crippen LogP contribution in [0.3, 0.4) is 0 Å². The Morgan fingerprint density at radius 3 is 2.67 bits per heavy atom.